The van der Waals surface area contributed by atoms with E-state index in [-0.39, 0.29) is 0 Å². The minimum absolute atomic E-state index is 0.325. The molecule has 9 heavy (non-hydrogen) atoms. The molecule has 50 valence electrons. The lowest BCUT2D eigenvalue weighted by molar-refractivity contribution is 1.23. The van der Waals surface area contributed by atoms with E-state index < -0.39 is 0 Å². The SMILES string of the molecule is C=C/C=C(/C)C=C(N)N. The van der Waals surface area contributed by atoms with Gasteiger partial charge in [-0.2, -0.15) is 0 Å². The molecule has 0 aliphatic carbocycles. The highest BCUT2D eigenvalue weighted by molar-refractivity contribution is 5.22. The molecule has 0 atom stereocenters. The van der Waals surface area contributed by atoms with E-state index in [9.17, 15) is 0 Å². The molecule has 2 nitrogen and oxygen atoms in total. The van der Waals surface area contributed by atoms with Crippen molar-refractivity contribution in [3.8, 4) is 0 Å². The van der Waals surface area contributed by atoms with Crippen LogP contribution in [0.4, 0.5) is 0 Å². The van der Waals surface area contributed by atoms with Crippen LogP contribution in [0, 0.1) is 0 Å². The highest BCUT2D eigenvalue weighted by atomic mass is 14.8. The lowest BCUT2D eigenvalue weighted by atomic mass is 10.2. The van der Waals surface area contributed by atoms with Crippen LogP contribution in [0.15, 0.2) is 36.2 Å². The zero-order valence-corrected chi connectivity index (χ0v) is 5.59. The molecular formula is C7H12N2. The van der Waals surface area contributed by atoms with Crippen molar-refractivity contribution in [2.75, 3.05) is 0 Å². The van der Waals surface area contributed by atoms with Crippen LogP contribution >= 0.6 is 0 Å². The number of hydrogen-bond donors (Lipinski definition) is 2. The number of allylic oxidation sites excluding steroid dienone is 4. The molecule has 0 spiro atoms. The molecule has 0 rings (SSSR count). The van der Waals surface area contributed by atoms with E-state index in [1.807, 2.05) is 13.0 Å². The normalized spacial score (nSPS) is 10.6. The maximum absolute atomic E-state index is 5.19. The Kier molecular flexibility index (Phi) is 3.28. The third-order valence-corrected chi connectivity index (χ3v) is 0.775. The monoisotopic (exact) mass is 124 g/mol. The second-order valence-corrected chi connectivity index (χ2v) is 1.79. The Morgan fingerprint density at radius 3 is 2.33 bits per heavy atom. The van der Waals surface area contributed by atoms with Crippen LogP contribution in [0.2, 0.25) is 0 Å². The van der Waals surface area contributed by atoms with Gasteiger partial charge < -0.3 is 11.5 Å². The predicted octanol–water partition coefficient (Wildman–Crippen LogP) is 0.878. The number of hydrogen-bond acceptors (Lipinski definition) is 2. The van der Waals surface area contributed by atoms with Gasteiger partial charge in [-0.1, -0.05) is 18.7 Å². The van der Waals surface area contributed by atoms with Crippen molar-refractivity contribution in [2.45, 2.75) is 6.92 Å². The Hall–Kier alpha value is -1.18. The largest absolute Gasteiger partial charge is 0.386 e. The summed E-state index contributed by atoms with van der Waals surface area (Å²) >= 11 is 0. The van der Waals surface area contributed by atoms with Crippen LogP contribution in [0.25, 0.3) is 0 Å². The summed E-state index contributed by atoms with van der Waals surface area (Å²) in [6, 6.07) is 0. The van der Waals surface area contributed by atoms with Crippen LogP contribution in [-0.2, 0) is 0 Å². The number of nitrogens with two attached hydrogens (primary N) is 2. The van der Waals surface area contributed by atoms with E-state index in [1.165, 1.54) is 0 Å². The first-order chi connectivity index (χ1) is 4.16. The highest BCUT2D eigenvalue weighted by Gasteiger charge is 1.79. The Morgan fingerprint density at radius 1 is 1.44 bits per heavy atom. The molecule has 0 heterocycles. The van der Waals surface area contributed by atoms with Crippen molar-refractivity contribution in [3.05, 3.63) is 36.2 Å². The van der Waals surface area contributed by atoms with Gasteiger partial charge in [0, 0.05) is 0 Å². The minimum atomic E-state index is 0.325. The van der Waals surface area contributed by atoms with Crippen molar-refractivity contribution in [2.24, 2.45) is 11.5 Å². The first-order valence-electron chi connectivity index (χ1n) is 2.68. The summed E-state index contributed by atoms with van der Waals surface area (Å²) in [4.78, 5) is 0. The van der Waals surface area contributed by atoms with Crippen molar-refractivity contribution in [1.29, 1.82) is 0 Å². The molecule has 0 aliphatic rings. The summed E-state index contributed by atoms with van der Waals surface area (Å²) in [7, 11) is 0. The molecule has 0 aromatic rings. The molecule has 0 bridgehead atoms. The van der Waals surface area contributed by atoms with Crippen molar-refractivity contribution in [1.82, 2.24) is 0 Å². The van der Waals surface area contributed by atoms with Crippen LogP contribution in [0.3, 0.4) is 0 Å². The topological polar surface area (TPSA) is 52.0 Å². The lowest BCUT2D eigenvalue weighted by Crippen LogP contribution is -2.07. The fraction of sp³-hybridized carbons (Fsp3) is 0.143. The fourth-order valence-corrected chi connectivity index (χ4v) is 0.497. The maximum atomic E-state index is 5.19. The molecule has 0 aromatic carbocycles. The van der Waals surface area contributed by atoms with Gasteiger partial charge >= 0.3 is 0 Å². The zero-order chi connectivity index (χ0) is 7.28. The van der Waals surface area contributed by atoms with Crippen molar-refractivity contribution >= 4 is 0 Å². The van der Waals surface area contributed by atoms with E-state index in [4.69, 9.17) is 11.5 Å². The number of rotatable bonds is 2. The van der Waals surface area contributed by atoms with Gasteiger partial charge in [-0.05, 0) is 18.6 Å². The molecule has 0 radical (unpaired) electrons. The summed E-state index contributed by atoms with van der Waals surface area (Å²) in [5.74, 6) is 0.325. The molecule has 0 unspecified atom stereocenters. The Labute approximate surface area is 55.5 Å². The van der Waals surface area contributed by atoms with Gasteiger partial charge in [-0.25, -0.2) is 0 Å². The van der Waals surface area contributed by atoms with Crippen LogP contribution < -0.4 is 11.5 Å². The average molecular weight is 124 g/mol. The Bertz CT molecular complexity index is 150. The molecule has 0 amide bonds. The first kappa shape index (κ1) is 7.82. The van der Waals surface area contributed by atoms with Crippen LogP contribution in [0.1, 0.15) is 6.92 Å². The quantitative estimate of drug-likeness (QED) is 0.537. The summed E-state index contributed by atoms with van der Waals surface area (Å²) in [5.41, 5.74) is 11.4. The summed E-state index contributed by atoms with van der Waals surface area (Å²) in [6.45, 7) is 5.42. The zero-order valence-electron chi connectivity index (χ0n) is 5.59. The van der Waals surface area contributed by atoms with E-state index >= 15 is 0 Å². The van der Waals surface area contributed by atoms with Gasteiger partial charge in [0.2, 0.25) is 0 Å². The second kappa shape index (κ2) is 3.78. The van der Waals surface area contributed by atoms with Gasteiger partial charge in [0.1, 0.15) is 0 Å². The van der Waals surface area contributed by atoms with Gasteiger partial charge in [0.05, 0.1) is 5.82 Å². The molecule has 4 N–H and O–H groups in total. The van der Waals surface area contributed by atoms with E-state index in [0.29, 0.717) is 5.82 Å². The summed E-state index contributed by atoms with van der Waals surface area (Å²) < 4.78 is 0. The Morgan fingerprint density at radius 2 is 2.00 bits per heavy atom. The van der Waals surface area contributed by atoms with Gasteiger partial charge in [-0.3, -0.25) is 0 Å². The third-order valence-electron chi connectivity index (χ3n) is 0.775. The van der Waals surface area contributed by atoms with E-state index in [2.05, 4.69) is 6.58 Å². The smallest absolute Gasteiger partial charge is 0.0936 e. The lowest BCUT2D eigenvalue weighted by Gasteiger charge is -1.89. The molecule has 0 aromatic heterocycles. The predicted molar refractivity (Wildman–Crippen MR) is 40.4 cm³/mol. The third kappa shape index (κ3) is 4.68. The highest BCUT2D eigenvalue weighted by Crippen LogP contribution is 1.93. The van der Waals surface area contributed by atoms with Crippen LogP contribution in [0.5, 0.6) is 0 Å². The fourth-order valence-electron chi connectivity index (χ4n) is 0.497. The Balaban J connectivity index is 4.05. The van der Waals surface area contributed by atoms with E-state index in [0.717, 1.165) is 5.57 Å². The molecule has 0 saturated heterocycles. The van der Waals surface area contributed by atoms with E-state index in [1.54, 1.807) is 12.2 Å². The molecule has 0 aliphatic heterocycles. The summed E-state index contributed by atoms with van der Waals surface area (Å²) in [6.07, 6.45) is 5.20. The van der Waals surface area contributed by atoms with Gasteiger partial charge in [-0.15, -0.1) is 0 Å². The van der Waals surface area contributed by atoms with Crippen molar-refractivity contribution < 1.29 is 0 Å². The summed E-state index contributed by atoms with van der Waals surface area (Å²) in [5, 5.41) is 0. The molecule has 0 saturated carbocycles. The molecular weight excluding hydrogens is 112 g/mol. The molecule has 2 heteroatoms. The van der Waals surface area contributed by atoms with Crippen molar-refractivity contribution in [3.63, 3.8) is 0 Å². The first-order valence-corrected chi connectivity index (χ1v) is 2.68. The maximum Gasteiger partial charge on any atom is 0.0936 e. The molecule has 0 fully saturated rings. The second-order valence-electron chi connectivity index (χ2n) is 1.79. The average Bonchev–Trinajstić information content (AvgIpc) is 1.63. The van der Waals surface area contributed by atoms with Gasteiger partial charge in [0.25, 0.3) is 0 Å². The standard InChI is InChI=1S/C7H12N2/c1-3-4-6(2)5-7(8)9/h3-5H,1,8-9H2,2H3/b6-4-. The van der Waals surface area contributed by atoms with Crippen LogP contribution in [-0.4, -0.2) is 0 Å². The van der Waals surface area contributed by atoms with Gasteiger partial charge in [0.15, 0.2) is 0 Å². The minimum Gasteiger partial charge on any atom is -0.386 e.